The first-order valence-electron chi connectivity index (χ1n) is 6.41. The van der Waals surface area contributed by atoms with Crippen molar-refractivity contribution in [2.45, 2.75) is 13.8 Å². The first kappa shape index (κ1) is 21.5. The van der Waals surface area contributed by atoms with Crippen molar-refractivity contribution in [1.82, 2.24) is 0 Å². The molecule has 0 amide bonds. The van der Waals surface area contributed by atoms with Crippen molar-refractivity contribution in [3.05, 3.63) is 61.2 Å². The van der Waals surface area contributed by atoms with Gasteiger partial charge in [-0.25, -0.2) is 9.13 Å². The van der Waals surface area contributed by atoms with Gasteiger partial charge in [0, 0.05) is 36.2 Å². The van der Waals surface area contributed by atoms with E-state index in [1.807, 2.05) is 84.4 Å². The van der Waals surface area contributed by atoms with E-state index in [9.17, 15) is 0 Å². The second-order valence-electron chi connectivity index (χ2n) is 4.07. The molecule has 0 aromatic carbocycles. The number of nitrogens with zero attached hydrogens (tertiary/aromatic N) is 2. The smallest absolute Gasteiger partial charge is 0.168 e. The fraction of sp³-hybridized carbons (Fsp3) is 0.250. The van der Waals surface area contributed by atoms with Gasteiger partial charge in [-0.2, -0.15) is 0 Å². The molecule has 0 atom stereocenters. The van der Waals surface area contributed by atoms with Crippen LogP contribution in [0.4, 0.5) is 0 Å². The molecule has 0 N–H and O–H groups in total. The topological polar surface area (TPSA) is 88.0 Å². The zero-order valence-electron chi connectivity index (χ0n) is 13.3. The third-order valence-electron chi connectivity index (χ3n) is 1.73. The zero-order chi connectivity index (χ0) is 17.4. The molecular formula is C16H22N2O4. The molecule has 2 aromatic heterocycles. The Morgan fingerprint density at radius 1 is 0.636 bits per heavy atom. The Morgan fingerprint density at radius 2 is 0.818 bits per heavy atom. The minimum Gasteiger partial charge on any atom is -0.550 e. The second-order valence-corrected chi connectivity index (χ2v) is 4.07. The van der Waals surface area contributed by atoms with Gasteiger partial charge in [-0.1, -0.05) is 12.1 Å². The molecule has 2 aromatic rings. The SMILES string of the molecule is CC(=O)[O-].CC(=O)[O-].C[n+]1ccccc1.C[n+]1ccccc1. The number of hydrogen-bond acceptors (Lipinski definition) is 4. The van der Waals surface area contributed by atoms with Gasteiger partial charge in [0.05, 0.1) is 0 Å². The third-order valence-corrected chi connectivity index (χ3v) is 1.73. The minimum absolute atomic E-state index is 0.972. The summed E-state index contributed by atoms with van der Waals surface area (Å²) in [7, 11) is 4.00. The first-order chi connectivity index (χ1) is 10.3. The van der Waals surface area contributed by atoms with E-state index in [2.05, 4.69) is 0 Å². The summed E-state index contributed by atoms with van der Waals surface area (Å²) >= 11 is 0. The van der Waals surface area contributed by atoms with Crippen LogP contribution in [0, 0.1) is 0 Å². The molecule has 0 aliphatic carbocycles. The Kier molecular flexibility index (Phi) is 14.3. The summed E-state index contributed by atoms with van der Waals surface area (Å²) in [5, 5.41) is 17.8. The van der Waals surface area contributed by atoms with Crippen LogP contribution in [0.1, 0.15) is 13.8 Å². The molecule has 2 rings (SSSR count). The summed E-state index contributed by atoms with van der Waals surface area (Å²) in [6.45, 7) is 1.94. The van der Waals surface area contributed by atoms with Crippen LogP contribution in [0.5, 0.6) is 0 Å². The van der Waals surface area contributed by atoms with Crippen LogP contribution in [-0.4, -0.2) is 11.9 Å². The van der Waals surface area contributed by atoms with E-state index in [1.165, 1.54) is 0 Å². The largest absolute Gasteiger partial charge is 0.550 e. The van der Waals surface area contributed by atoms with E-state index in [4.69, 9.17) is 19.8 Å². The molecule has 0 bridgehead atoms. The predicted molar refractivity (Wildman–Crippen MR) is 76.6 cm³/mol. The van der Waals surface area contributed by atoms with Gasteiger partial charge < -0.3 is 19.8 Å². The maximum absolute atomic E-state index is 8.89. The number of rotatable bonds is 0. The highest BCUT2D eigenvalue weighted by molar-refractivity contribution is 5.60. The van der Waals surface area contributed by atoms with Crippen molar-refractivity contribution in [1.29, 1.82) is 0 Å². The second kappa shape index (κ2) is 14.6. The van der Waals surface area contributed by atoms with Gasteiger partial charge in [0.2, 0.25) is 0 Å². The molecule has 0 spiro atoms. The van der Waals surface area contributed by atoms with Gasteiger partial charge in [0.25, 0.3) is 0 Å². The van der Waals surface area contributed by atoms with Gasteiger partial charge in [0.1, 0.15) is 14.1 Å². The molecule has 6 nitrogen and oxygen atoms in total. The Bertz CT molecular complexity index is 459. The lowest BCUT2D eigenvalue weighted by atomic mass is 10.5. The summed E-state index contributed by atoms with van der Waals surface area (Å²) in [6, 6.07) is 12.0. The maximum atomic E-state index is 8.89. The normalized spacial score (nSPS) is 7.82. The van der Waals surface area contributed by atoms with E-state index in [1.54, 1.807) is 0 Å². The van der Waals surface area contributed by atoms with Crippen LogP contribution in [0.25, 0.3) is 0 Å². The van der Waals surface area contributed by atoms with Crippen molar-refractivity contribution in [3.8, 4) is 0 Å². The summed E-state index contributed by atoms with van der Waals surface area (Å²) in [5.41, 5.74) is 0. The fourth-order valence-corrected chi connectivity index (χ4v) is 0.969. The van der Waals surface area contributed by atoms with Gasteiger partial charge in [-0.05, 0) is 13.8 Å². The van der Waals surface area contributed by atoms with E-state index >= 15 is 0 Å². The summed E-state index contributed by atoms with van der Waals surface area (Å²) in [6.07, 6.45) is 8.00. The third kappa shape index (κ3) is 25.9. The molecule has 6 heteroatoms. The molecule has 0 aliphatic rings. The molecule has 0 saturated carbocycles. The lowest BCUT2D eigenvalue weighted by Gasteiger charge is -1.77. The molecule has 0 radical (unpaired) electrons. The van der Waals surface area contributed by atoms with Gasteiger partial charge >= 0.3 is 0 Å². The van der Waals surface area contributed by atoms with E-state index in [0.29, 0.717) is 0 Å². The minimum atomic E-state index is -1.08. The van der Waals surface area contributed by atoms with Crippen LogP contribution in [0.3, 0.4) is 0 Å². The zero-order valence-corrected chi connectivity index (χ0v) is 13.3. The summed E-state index contributed by atoms with van der Waals surface area (Å²) in [5.74, 6) is -2.17. The highest BCUT2D eigenvalue weighted by atomic mass is 16.4. The highest BCUT2D eigenvalue weighted by Gasteiger charge is 1.79. The fourth-order valence-electron chi connectivity index (χ4n) is 0.969. The molecule has 0 fully saturated rings. The van der Waals surface area contributed by atoms with Gasteiger partial charge in [-0.15, -0.1) is 0 Å². The summed E-state index contributed by atoms with van der Waals surface area (Å²) in [4.78, 5) is 17.8. The quantitative estimate of drug-likeness (QED) is 0.556. The molecule has 0 unspecified atom stereocenters. The van der Waals surface area contributed by atoms with E-state index in [0.717, 1.165) is 13.8 Å². The van der Waals surface area contributed by atoms with Crippen LogP contribution in [0.15, 0.2) is 61.2 Å². The monoisotopic (exact) mass is 306 g/mol. The highest BCUT2D eigenvalue weighted by Crippen LogP contribution is 1.72. The van der Waals surface area contributed by atoms with Crippen molar-refractivity contribution in [2.75, 3.05) is 0 Å². The molecule has 0 aliphatic heterocycles. The average Bonchev–Trinajstić information content (AvgIpc) is 2.40. The van der Waals surface area contributed by atoms with Crippen LogP contribution < -0.4 is 19.3 Å². The lowest BCUT2D eigenvalue weighted by Crippen LogP contribution is -2.25. The number of pyridine rings is 2. The molecule has 0 saturated heterocycles. The van der Waals surface area contributed by atoms with Gasteiger partial charge in [0.15, 0.2) is 24.8 Å². The lowest BCUT2D eigenvalue weighted by molar-refractivity contribution is -0.671. The number of carbonyl (C=O) groups excluding carboxylic acids is 2. The number of aryl methyl sites for hydroxylation is 2. The van der Waals surface area contributed by atoms with Crippen LogP contribution in [-0.2, 0) is 23.7 Å². The van der Waals surface area contributed by atoms with Crippen molar-refractivity contribution in [2.24, 2.45) is 14.1 Å². The number of carbonyl (C=O) groups is 2. The first-order valence-corrected chi connectivity index (χ1v) is 6.41. The van der Waals surface area contributed by atoms with E-state index in [-0.39, 0.29) is 0 Å². The van der Waals surface area contributed by atoms with E-state index < -0.39 is 11.9 Å². The molecule has 22 heavy (non-hydrogen) atoms. The van der Waals surface area contributed by atoms with Gasteiger partial charge in [-0.3, -0.25) is 0 Å². The van der Waals surface area contributed by atoms with Crippen LogP contribution in [0.2, 0.25) is 0 Å². The van der Waals surface area contributed by atoms with Crippen molar-refractivity contribution < 1.29 is 28.9 Å². The number of carboxylic acid groups (broad SMARTS) is 2. The Balaban J connectivity index is 0. The average molecular weight is 306 g/mol. The van der Waals surface area contributed by atoms with Crippen molar-refractivity contribution >= 4 is 11.9 Å². The molecular weight excluding hydrogens is 284 g/mol. The number of hydrogen-bond donors (Lipinski definition) is 0. The summed E-state index contributed by atoms with van der Waals surface area (Å²) < 4.78 is 4.00. The van der Waals surface area contributed by atoms with Crippen LogP contribution >= 0.6 is 0 Å². The van der Waals surface area contributed by atoms with Crippen molar-refractivity contribution in [3.63, 3.8) is 0 Å². The Morgan fingerprint density at radius 3 is 0.909 bits per heavy atom. The Labute approximate surface area is 130 Å². The number of aliphatic carboxylic acids is 2. The predicted octanol–water partition coefficient (Wildman–Crippen LogP) is -1.47. The molecule has 120 valence electrons. The maximum Gasteiger partial charge on any atom is 0.168 e. The molecule has 2 heterocycles. The standard InChI is InChI=1S/2C6H8N.2C2H4O2/c2*1-7-5-3-2-4-6-7;2*1-2(3)4/h2*2-6H,1H3;2*1H3,(H,3,4)/q2*+1;;/p-2. The Hall–Kier alpha value is -2.76. The number of aromatic nitrogens is 2. The number of carboxylic acids is 2.